The zero-order valence-corrected chi connectivity index (χ0v) is 15.1. The molecule has 0 unspecified atom stereocenters. The van der Waals surface area contributed by atoms with Crippen molar-refractivity contribution in [3.8, 4) is 0 Å². The molecule has 2 aliphatic rings. The molecule has 2 saturated heterocycles. The highest BCUT2D eigenvalue weighted by molar-refractivity contribution is 6.30. The standard InChI is InChI=1S/C19H27ClN2O/c1-13(2)18(23)22-10-4-5-16-17(22)12-19(3,21-16)11-14-6-8-15(20)9-7-14/h6-9,13,16-17,21H,4-5,10-12H2,1-3H3/t16-,17-,19+/m0/s1. The third kappa shape index (κ3) is 3.56. The van der Waals surface area contributed by atoms with E-state index in [1.165, 1.54) is 12.0 Å². The lowest BCUT2D eigenvalue weighted by molar-refractivity contribution is -0.138. The first-order valence-corrected chi connectivity index (χ1v) is 9.08. The maximum absolute atomic E-state index is 12.5. The third-order valence-electron chi connectivity index (χ3n) is 5.26. The van der Waals surface area contributed by atoms with E-state index in [-0.39, 0.29) is 11.5 Å². The van der Waals surface area contributed by atoms with E-state index in [0.29, 0.717) is 18.0 Å². The highest BCUT2D eigenvalue weighted by atomic mass is 35.5. The van der Waals surface area contributed by atoms with Crippen LogP contribution in [0.3, 0.4) is 0 Å². The molecular weight excluding hydrogens is 308 g/mol. The Bertz CT molecular complexity index is 571. The maximum Gasteiger partial charge on any atom is 0.225 e. The molecule has 3 atom stereocenters. The molecule has 1 aromatic carbocycles. The Morgan fingerprint density at radius 1 is 1.39 bits per heavy atom. The number of piperidine rings is 1. The minimum atomic E-state index is 0.0447. The number of nitrogens with zero attached hydrogens (tertiary/aromatic N) is 1. The van der Waals surface area contributed by atoms with Gasteiger partial charge >= 0.3 is 0 Å². The molecule has 1 aromatic rings. The van der Waals surface area contributed by atoms with E-state index in [0.717, 1.165) is 30.8 Å². The Morgan fingerprint density at radius 2 is 2.09 bits per heavy atom. The van der Waals surface area contributed by atoms with Crippen LogP contribution in [0.15, 0.2) is 24.3 Å². The highest BCUT2D eigenvalue weighted by Gasteiger charge is 2.46. The smallest absolute Gasteiger partial charge is 0.225 e. The molecule has 2 aliphatic heterocycles. The molecule has 0 spiro atoms. The van der Waals surface area contributed by atoms with Crippen molar-refractivity contribution in [2.75, 3.05) is 6.54 Å². The fraction of sp³-hybridized carbons (Fsp3) is 0.632. The molecule has 0 aliphatic carbocycles. The summed E-state index contributed by atoms with van der Waals surface area (Å²) in [4.78, 5) is 14.7. The minimum Gasteiger partial charge on any atom is -0.338 e. The Balaban J connectivity index is 1.74. The van der Waals surface area contributed by atoms with E-state index in [9.17, 15) is 4.79 Å². The van der Waals surface area contributed by atoms with Gasteiger partial charge in [-0.3, -0.25) is 4.79 Å². The van der Waals surface area contributed by atoms with Gasteiger partial charge in [-0.15, -0.1) is 0 Å². The molecule has 0 saturated carbocycles. The van der Waals surface area contributed by atoms with Crippen LogP contribution in [0.1, 0.15) is 45.6 Å². The van der Waals surface area contributed by atoms with E-state index >= 15 is 0 Å². The van der Waals surface area contributed by atoms with Crippen molar-refractivity contribution >= 4 is 17.5 Å². The number of benzene rings is 1. The van der Waals surface area contributed by atoms with Crippen molar-refractivity contribution in [3.63, 3.8) is 0 Å². The van der Waals surface area contributed by atoms with Gasteiger partial charge < -0.3 is 10.2 Å². The van der Waals surface area contributed by atoms with Gasteiger partial charge in [0.05, 0.1) is 0 Å². The average Bonchev–Trinajstić information content (AvgIpc) is 2.84. The first-order valence-electron chi connectivity index (χ1n) is 8.71. The second-order valence-electron chi connectivity index (χ2n) is 7.71. The monoisotopic (exact) mass is 334 g/mol. The molecule has 1 N–H and O–H groups in total. The van der Waals surface area contributed by atoms with Gasteiger partial charge in [0.2, 0.25) is 5.91 Å². The molecule has 2 heterocycles. The van der Waals surface area contributed by atoms with Crippen molar-refractivity contribution in [2.45, 2.75) is 64.1 Å². The van der Waals surface area contributed by atoms with Crippen LogP contribution in [0, 0.1) is 5.92 Å². The fourth-order valence-corrected chi connectivity index (χ4v) is 4.35. The van der Waals surface area contributed by atoms with Gasteiger partial charge in [0.1, 0.15) is 0 Å². The molecule has 0 bridgehead atoms. The number of carbonyl (C=O) groups is 1. The first kappa shape index (κ1) is 16.8. The number of fused-ring (bicyclic) bond motifs is 1. The van der Waals surface area contributed by atoms with Gasteiger partial charge in [0.15, 0.2) is 0 Å². The van der Waals surface area contributed by atoms with Crippen LogP contribution >= 0.6 is 11.6 Å². The van der Waals surface area contributed by atoms with Crippen LogP contribution in [0.4, 0.5) is 0 Å². The lowest BCUT2D eigenvalue weighted by atomic mass is 9.88. The van der Waals surface area contributed by atoms with Gasteiger partial charge in [-0.1, -0.05) is 37.6 Å². The summed E-state index contributed by atoms with van der Waals surface area (Å²) in [6.07, 6.45) is 4.27. The fourth-order valence-electron chi connectivity index (χ4n) is 4.23. The Hall–Kier alpha value is -1.06. The van der Waals surface area contributed by atoms with Crippen LogP contribution < -0.4 is 5.32 Å². The van der Waals surface area contributed by atoms with Crippen LogP contribution in [-0.4, -0.2) is 35.0 Å². The van der Waals surface area contributed by atoms with Crippen molar-refractivity contribution in [2.24, 2.45) is 5.92 Å². The van der Waals surface area contributed by atoms with E-state index < -0.39 is 0 Å². The largest absolute Gasteiger partial charge is 0.338 e. The van der Waals surface area contributed by atoms with Crippen LogP contribution in [0.25, 0.3) is 0 Å². The predicted octanol–water partition coefficient (Wildman–Crippen LogP) is 3.65. The summed E-state index contributed by atoms with van der Waals surface area (Å²) in [5.74, 6) is 0.383. The summed E-state index contributed by atoms with van der Waals surface area (Å²) in [6, 6.07) is 8.90. The summed E-state index contributed by atoms with van der Waals surface area (Å²) >= 11 is 5.99. The molecule has 0 aromatic heterocycles. The van der Waals surface area contributed by atoms with Gasteiger partial charge in [-0.05, 0) is 50.3 Å². The second kappa shape index (κ2) is 6.45. The number of carbonyl (C=O) groups excluding carboxylic acids is 1. The van der Waals surface area contributed by atoms with Gasteiger partial charge in [0.25, 0.3) is 0 Å². The van der Waals surface area contributed by atoms with E-state index in [2.05, 4.69) is 29.3 Å². The quantitative estimate of drug-likeness (QED) is 0.915. The molecular formula is C19H27ClN2O. The third-order valence-corrected chi connectivity index (χ3v) is 5.51. The van der Waals surface area contributed by atoms with Gasteiger partial charge in [-0.25, -0.2) is 0 Å². The number of hydrogen-bond acceptors (Lipinski definition) is 2. The topological polar surface area (TPSA) is 32.3 Å². The van der Waals surface area contributed by atoms with Crippen molar-refractivity contribution < 1.29 is 4.79 Å². The molecule has 126 valence electrons. The number of amides is 1. The maximum atomic E-state index is 12.5. The molecule has 3 rings (SSSR count). The normalized spacial score (nSPS) is 30.6. The number of rotatable bonds is 3. The lowest BCUT2D eigenvalue weighted by Gasteiger charge is -2.38. The Kier molecular flexibility index (Phi) is 4.70. The molecule has 4 heteroatoms. The number of nitrogens with one attached hydrogen (secondary N) is 1. The average molecular weight is 335 g/mol. The zero-order chi connectivity index (χ0) is 16.6. The van der Waals surface area contributed by atoms with Crippen molar-refractivity contribution in [1.29, 1.82) is 0 Å². The lowest BCUT2D eigenvalue weighted by Crippen LogP contribution is -2.52. The predicted molar refractivity (Wildman–Crippen MR) is 94.7 cm³/mol. The summed E-state index contributed by atoms with van der Waals surface area (Å²) in [6.45, 7) is 7.21. The number of halogens is 1. The summed E-state index contributed by atoms with van der Waals surface area (Å²) < 4.78 is 0. The Morgan fingerprint density at radius 3 is 2.74 bits per heavy atom. The molecule has 2 fully saturated rings. The SMILES string of the molecule is CC(C)C(=O)N1CCC[C@@H]2N[C@](C)(Cc3ccc(Cl)cc3)C[C@@H]21. The number of hydrogen-bond donors (Lipinski definition) is 1. The summed E-state index contributed by atoms with van der Waals surface area (Å²) in [5, 5.41) is 4.61. The van der Waals surface area contributed by atoms with E-state index in [4.69, 9.17) is 11.6 Å². The first-order chi connectivity index (χ1) is 10.9. The van der Waals surface area contributed by atoms with E-state index in [1.54, 1.807) is 0 Å². The second-order valence-corrected chi connectivity index (χ2v) is 8.15. The van der Waals surface area contributed by atoms with Crippen molar-refractivity contribution in [1.82, 2.24) is 10.2 Å². The minimum absolute atomic E-state index is 0.0447. The van der Waals surface area contributed by atoms with Gasteiger partial charge in [-0.2, -0.15) is 0 Å². The van der Waals surface area contributed by atoms with E-state index in [1.807, 2.05) is 26.0 Å². The molecule has 23 heavy (non-hydrogen) atoms. The zero-order valence-electron chi connectivity index (χ0n) is 14.3. The number of likely N-dealkylation sites (tertiary alicyclic amines) is 1. The Labute approximate surface area is 144 Å². The molecule has 1 amide bonds. The summed E-state index contributed by atoms with van der Waals surface area (Å²) in [7, 11) is 0. The summed E-state index contributed by atoms with van der Waals surface area (Å²) in [5.41, 5.74) is 1.34. The van der Waals surface area contributed by atoms with Crippen LogP contribution in [0.5, 0.6) is 0 Å². The highest BCUT2D eigenvalue weighted by Crippen LogP contribution is 2.35. The van der Waals surface area contributed by atoms with Crippen LogP contribution in [-0.2, 0) is 11.2 Å². The molecule has 3 nitrogen and oxygen atoms in total. The van der Waals surface area contributed by atoms with Gasteiger partial charge in [0, 0.05) is 35.1 Å². The van der Waals surface area contributed by atoms with Crippen LogP contribution in [0.2, 0.25) is 5.02 Å². The van der Waals surface area contributed by atoms with Crippen molar-refractivity contribution in [3.05, 3.63) is 34.9 Å². The molecule has 0 radical (unpaired) electrons.